The van der Waals surface area contributed by atoms with Gasteiger partial charge in [0.2, 0.25) is 0 Å². The topological polar surface area (TPSA) is 109 Å². The molecule has 0 unspecified atom stereocenters. The van der Waals surface area contributed by atoms with Crippen molar-refractivity contribution >= 4 is 11.7 Å². The molecule has 102 valence electrons. The number of esters is 1. The highest BCUT2D eigenvalue weighted by Gasteiger charge is 2.21. The van der Waals surface area contributed by atoms with Gasteiger partial charge >= 0.3 is 5.97 Å². The minimum atomic E-state index is -0.539. The van der Waals surface area contributed by atoms with E-state index in [0.29, 0.717) is 29.3 Å². The Morgan fingerprint density at radius 3 is 2.68 bits per heavy atom. The number of nitrogen functional groups attached to an aromatic ring is 1. The maximum atomic E-state index is 12.0. The highest BCUT2D eigenvalue weighted by molar-refractivity contribution is 5.93. The number of aryl methyl sites for hydroxylation is 3. The number of rotatable bonds is 4. The minimum absolute atomic E-state index is 0.0124. The number of carbonyl (C=O) groups excluding carboxylic acids is 1. The first-order valence-electron chi connectivity index (χ1n) is 5.82. The van der Waals surface area contributed by atoms with E-state index in [1.54, 1.807) is 13.8 Å². The fourth-order valence-electron chi connectivity index (χ4n) is 1.62. The van der Waals surface area contributed by atoms with Crippen molar-refractivity contribution in [2.24, 2.45) is 0 Å². The minimum Gasteiger partial charge on any atom is -0.454 e. The van der Waals surface area contributed by atoms with Gasteiger partial charge in [0.15, 0.2) is 5.69 Å². The van der Waals surface area contributed by atoms with Crippen LogP contribution in [0.3, 0.4) is 0 Å². The van der Waals surface area contributed by atoms with Crippen molar-refractivity contribution in [3.8, 4) is 0 Å². The third kappa shape index (κ3) is 2.42. The molecule has 0 amide bonds. The molecule has 8 heteroatoms. The Labute approximate surface area is 109 Å². The summed E-state index contributed by atoms with van der Waals surface area (Å²) in [5.74, 6) is -0.539. The van der Waals surface area contributed by atoms with Gasteiger partial charge in [-0.25, -0.2) is 9.42 Å². The lowest BCUT2D eigenvalue weighted by molar-refractivity contribution is 0.0450. The predicted molar refractivity (Wildman–Crippen MR) is 65.2 cm³/mol. The number of nitrogens with two attached hydrogens (primary N) is 1. The molecule has 0 aliphatic rings. The van der Waals surface area contributed by atoms with Crippen LogP contribution in [0.5, 0.6) is 0 Å². The zero-order valence-corrected chi connectivity index (χ0v) is 11.0. The van der Waals surface area contributed by atoms with Crippen LogP contribution >= 0.6 is 0 Å². The molecule has 0 aliphatic carbocycles. The lowest BCUT2D eigenvalue weighted by Gasteiger charge is -2.05. The second-order valence-corrected chi connectivity index (χ2v) is 4.04. The van der Waals surface area contributed by atoms with E-state index in [1.165, 1.54) is 4.68 Å². The number of ether oxygens (including phenoxy) is 1. The molecule has 0 spiro atoms. The van der Waals surface area contributed by atoms with Crippen LogP contribution in [0.15, 0.2) is 4.63 Å². The van der Waals surface area contributed by atoms with Gasteiger partial charge in [-0.15, -0.1) is 0 Å². The van der Waals surface area contributed by atoms with Gasteiger partial charge in [0, 0.05) is 6.54 Å². The van der Waals surface area contributed by atoms with Crippen molar-refractivity contribution in [1.82, 2.24) is 20.1 Å². The van der Waals surface area contributed by atoms with Crippen molar-refractivity contribution in [3.63, 3.8) is 0 Å². The van der Waals surface area contributed by atoms with E-state index in [2.05, 4.69) is 20.0 Å². The summed E-state index contributed by atoms with van der Waals surface area (Å²) < 4.78 is 11.2. The van der Waals surface area contributed by atoms with E-state index in [9.17, 15) is 4.79 Å². The monoisotopic (exact) mass is 265 g/mol. The quantitative estimate of drug-likeness (QED) is 0.816. The molecule has 19 heavy (non-hydrogen) atoms. The van der Waals surface area contributed by atoms with Gasteiger partial charge in [0.05, 0.1) is 11.4 Å². The zero-order chi connectivity index (χ0) is 14.0. The molecule has 0 atom stereocenters. The summed E-state index contributed by atoms with van der Waals surface area (Å²) in [5.41, 5.74) is 8.09. The van der Waals surface area contributed by atoms with Crippen LogP contribution in [-0.4, -0.2) is 26.1 Å². The van der Waals surface area contributed by atoms with E-state index in [-0.39, 0.29) is 12.3 Å². The Kier molecular flexibility index (Phi) is 3.50. The normalized spacial score (nSPS) is 10.7. The molecular formula is C11H15N5O3. The van der Waals surface area contributed by atoms with E-state index in [1.807, 2.05) is 6.92 Å². The number of hydrogen-bond donors (Lipinski definition) is 1. The molecule has 2 heterocycles. The van der Waals surface area contributed by atoms with Crippen molar-refractivity contribution in [2.75, 3.05) is 5.73 Å². The third-order valence-electron chi connectivity index (χ3n) is 2.75. The fraction of sp³-hybridized carbons (Fsp3) is 0.455. The smallest absolute Gasteiger partial charge is 0.359 e. The van der Waals surface area contributed by atoms with Crippen LogP contribution in [0.25, 0.3) is 0 Å². The Bertz CT molecular complexity index is 601. The molecule has 0 saturated heterocycles. The third-order valence-corrected chi connectivity index (χ3v) is 2.75. The van der Waals surface area contributed by atoms with Gasteiger partial charge in [0.25, 0.3) is 0 Å². The molecule has 0 radical (unpaired) electrons. The summed E-state index contributed by atoms with van der Waals surface area (Å²) in [7, 11) is 0. The van der Waals surface area contributed by atoms with Crippen LogP contribution in [0, 0.1) is 13.8 Å². The zero-order valence-electron chi connectivity index (χ0n) is 11.0. The molecule has 8 nitrogen and oxygen atoms in total. The number of carbonyl (C=O) groups is 1. The Hall–Kier alpha value is -2.38. The average Bonchev–Trinajstić information content (AvgIpc) is 2.91. The highest BCUT2D eigenvalue weighted by Crippen LogP contribution is 2.18. The van der Waals surface area contributed by atoms with Gasteiger partial charge in [-0.2, -0.15) is 5.10 Å². The predicted octanol–water partition coefficient (Wildman–Crippen LogP) is 0.842. The first-order valence-corrected chi connectivity index (χ1v) is 5.82. The lowest BCUT2D eigenvalue weighted by Crippen LogP contribution is -2.14. The van der Waals surface area contributed by atoms with Gasteiger partial charge < -0.3 is 10.5 Å². The molecule has 0 bridgehead atoms. The van der Waals surface area contributed by atoms with Crippen molar-refractivity contribution < 1.29 is 14.2 Å². The summed E-state index contributed by atoms with van der Waals surface area (Å²) in [4.78, 5) is 12.0. The summed E-state index contributed by atoms with van der Waals surface area (Å²) in [6, 6.07) is 0. The van der Waals surface area contributed by atoms with Crippen molar-refractivity contribution in [3.05, 3.63) is 22.8 Å². The number of nitrogens with zero attached hydrogens (tertiary/aromatic N) is 4. The Morgan fingerprint density at radius 2 is 2.11 bits per heavy atom. The Morgan fingerprint density at radius 1 is 1.37 bits per heavy atom. The van der Waals surface area contributed by atoms with Gasteiger partial charge in [-0.3, -0.25) is 4.68 Å². The molecule has 2 rings (SSSR count). The Balaban J connectivity index is 2.14. The standard InChI is InChI=1S/C11H15N5O3/c1-4-16-10(9(12)7(3)13-16)11(17)18-5-8-6(2)14-19-15-8/h4-5,12H2,1-3H3. The summed E-state index contributed by atoms with van der Waals surface area (Å²) >= 11 is 0. The van der Waals surface area contributed by atoms with E-state index in [4.69, 9.17) is 10.5 Å². The molecule has 2 aromatic heterocycles. The molecule has 2 aromatic rings. The van der Waals surface area contributed by atoms with Crippen molar-refractivity contribution in [1.29, 1.82) is 0 Å². The summed E-state index contributed by atoms with van der Waals surface area (Å²) in [6.07, 6.45) is 0. The van der Waals surface area contributed by atoms with Crippen LogP contribution in [-0.2, 0) is 17.9 Å². The largest absolute Gasteiger partial charge is 0.454 e. The molecule has 0 aromatic carbocycles. The average molecular weight is 265 g/mol. The van der Waals surface area contributed by atoms with Gasteiger partial charge in [0.1, 0.15) is 18.0 Å². The summed E-state index contributed by atoms with van der Waals surface area (Å²) in [5, 5.41) is 11.4. The molecule has 0 fully saturated rings. The van der Waals surface area contributed by atoms with Crippen LogP contribution < -0.4 is 5.73 Å². The van der Waals surface area contributed by atoms with Crippen LogP contribution in [0.2, 0.25) is 0 Å². The number of aromatic nitrogens is 4. The molecule has 2 N–H and O–H groups in total. The maximum absolute atomic E-state index is 12.0. The maximum Gasteiger partial charge on any atom is 0.359 e. The van der Waals surface area contributed by atoms with Crippen LogP contribution in [0.1, 0.15) is 34.5 Å². The van der Waals surface area contributed by atoms with Gasteiger partial charge in [-0.05, 0) is 20.8 Å². The number of hydrogen-bond acceptors (Lipinski definition) is 7. The van der Waals surface area contributed by atoms with E-state index >= 15 is 0 Å². The fourth-order valence-corrected chi connectivity index (χ4v) is 1.62. The summed E-state index contributed by atoms with van der Waals surface area (Å²) in [6.45, 7) is 5.85. The second kappa shape index (κ2) is 5.09. The van der Waals surface area contributed by atoms with E-state index < -0.39 is 5.97 Å². The second-order valence-electron chi connectivity index (χ2n) is 4.04. The highest BCUT2D eigenvalue weighted by atomic mass is 16.6. The SMILES string of the molecule is CCn1nc(C)c(N)c1C(=O)OCc1nonc1C. The molecular weight excluding hydrogens is 250 g/mol. The first kappa shape index (κ1) is 13.1. The molecule has 0 saturated carbocycles. The van der Waals surface area contributed by atoms with Gasteiger partial charge in [-0.1, -0.05) is 10.3 Å². The van der Waals surface area contributed by atoms with Crippen molar-refractivity contribution in [2.45, 2.75) is 33.9 Å². The number of anilines is 1. The molecule has 0 aliphatic heterocycles. The van der Waals surface area contributed by atoms with E-state index in [0.717, 1.165) is 0 Å². The van der Waals surface area contributed by atoms with Crippen LogP contribution in [0.4, 0.5) is 5.69 Å². The lowest BCUT2D eigenvalue weighted by atomic mass is 10.3. The first-order chi connectivity index (χ1) is 9.04.